The first-order valence-electron chi connectivity index (χ1n) is 5.71. The Bertz CT molecular complexity index is 333. The van der Waals surface area contributed by atoms with Crippen molar-refractivity contribution in [3.8, 4) is 12.3 Å². The lowest BCUT2D eigenvalue weighted by Gasteiger charge is -2.25. The van der Waals surface area contributed by atoms with Crippen molar-refractivity contribution in [1.82, 2.24) is 15.1 Å². The second kappa shape index (κ2) is 6.26. The highest BCUT2D eigenvalue weighted by molar-refractivity contribution is 5.83. The summed E-state index contributed by atoms with van der Waals surface area (Å²) in [6.45, 7) is 1.26. The Labute approximate surface area is 102 Å². The number of nitrogens with zero attached hydrogens (tertiary/aromatic N) is 2. The Morgan fingerprint density at radius 3 is 2.82 bits per heavy atom. The average molecular weight is 237 g/mol. The second-order valence-electron chi connectivity index (χ2n) is 4.34. The third kappa shape index (κ3) is 3.75. The van der Waals surface area contributed by atoms with Gasteiger partial charge in [0, 0.05) is 14.1 Å². The smallest absolute Gasteiger partial charge is 0.239 e. The fourth-order valence-corrected chi connectivity index (χ4v) is 1.98. The molecule has 1 saturated heterocycles. The molecule has 1 atom stereocenters. The lowest BCUT2D eigenvalue weighted by molar-refractivity contribution is -0.134. The van der Waals surface area contributed by atoms with Crippen molar-refractivity contribution in [3.63, 3.8) is 0 Å². The van der Waals surface area contributed by atoms with Crippen LogP contribution in [-0.4, -0.2) is 61.4 Å². The molecule has 0 aromatic heterocycles. The van der Waals surface area contributed by atoms with Gasteiger partial charge in [0.2, 0.25) is 11.8 Å². The predicted octanol–water partition coefficient (Wildman–Crippen LogP) is -0.712. The Morgan fingerprint density at radius 1 is 1.53 bits per heavy atom. The lowest BCUT2D eigenvalue weighted by Crippen LogP contribution is -2.46. The molecule has 0 bridgehead atoms. The van der Waals surface area contributed by atoms with Crippen molar-refractivity contribution in [2.75, 3.05) is 33.7 Å². The molecule has 0 aromatic carbocycles. The summed E-state index contributed by atoms with van der Waals surface area (Å²) in [6, 6.07) is -0.165. The number of nitrogens with one attached hydrogen (secondary N) is 1. The molecular weight excluding hydrogens is 218 g/mol. The first kappa shape index (κ1) is 13.5. The number of hydrogen-bond donors (Lipinski definition) is 1. The fourth-order valence-electron chi connectivity index (χ4n) is 1.98. The van der Waals surface area contributed by atoms with Gasteiger partial charge in [-0.3, -0.25) is 14.5 Å². The van der Waals surface area contributed by atoms with E-state index in [1.807, 2.05) is 4.90 Å². The Kier molecular flexibility index (Phi) is 4.98. The summed E-state index contributed by atoms with van der Waals surface area (Å²) in [6.07, 6.45) is 6.83. The summed E-state index contributed by atoms with van der Waals surface area (Å²) in [5, 5.41) is 2.61. The molecule has 94 valence electrons. The van der Waals surface area contributed by atoms with Crippen LogP contribution in [0.4, 0.5) is 0 Å². The van der Waals surface area contributed by atoms with Gasteiger partial charge in [-0.05, 0) is 19.4 Å². The van der Waals surface area contributed by atoms with E-state index >= 15 is 0 Å². The van der Waals surface area contributed by atoms with Crippen molar-refractivity contribution in [3.05, 3.63) is 0 Å². The Hall–Kier alpha value is -1.54. The molecule has 1 heterocycles. The molecule has 2 amide bonds. The maximum Gasteiger partial charge on any atom is 0.239 e. The topological polar surface area (TPSA) is 52.7 Å². The fraction of sp³-hybridized carbons (Fsp3) is 0.667. The van der Waals surface area contributed by atoms with Gasteiger partial charge in [0.1, 0.15) is 0 Å². The van der Waals surface area contributed by atoms with Crippen LogP contribution in [0.5, 0.6) is 0 Å². The van der Waals surface area contributed by atoms with Crippen molar-refractivity contribution < 1.29 is 9.59 Å². The van der Waals surface area contributed by atoms with Crippen LogP contribution in [0, 0.1) is 12.3 Å². The van der Waals surface area contributed by atoms with Crippen LogP contribution in [0.3, 0.4) is 0 Å². The van der Waals surface area contributed by atoms with Crippen molar-refractivity contribution in [1.29, 1.82) is 0 Å². The van der Waals surface area contributed by atoms with E-state index in [0.29, 0.717) is 0 Å². The van der Waals surface area contributed by atoms with Crippen LogP contribution in [0.25, 0.3) is 0 Å². The molecule has 1 rings (SSSR count). The van der Waals surface area contributed by atoms with Crippen LogP contribution in [0.2, 0.25) is 0 Å². The quantitative estimate of drug-likeness (QED) is 0.657. The van der Waals surface area contributed by atoms with E-state index in [0.717, 1.165) is 19.4 Å². The number of amides is 2. The zero-order valence-electron chi connectivity index (χ0n) is 10.4. The normalized spacial score (nSPS) is 19.7. The molecule has 1 fully saturated rings. The van der Waals surface area contributed by atoms with Gasteiger partial charge in [-0.25, -0.2) is 0 Å². The molecule has 5 heteroatoms. The van der Waals surface area contributed by atoms with Crippen LogP contribution < -0.4 is 5.32 Å². The number of carbonyl (C=O) groups is 2. The first-order valence-corrected chi connectivity index (χ1v) is 5.71. The summed E-state index contributed by atoms with van der Waals surface area (Å²) < 4.78 is 0. The second-order valence-corrected chi connectivity index (χ2v) is 4.34. The van der Waals surface area contributed by atoms with Crippen molar-refractivity contribution in [2.45, 2.75) is 18.9 Å². The highest BCUT2D eigenvalue weighted by atomic mass is 16.2. The van der Waals surface area contributed by atoms with Gasteiger partial charge >= 0.3 is 0 Å². The maximum atomic E-state index is 11.9. The van der Waals surface area contributed by atoms with Gasteiger partial charge < -0.3 is 10.2 Å². The number of terminal acetylenes is 1. The highest BCUT2D eigenvalue weighted by Crippen LogP contribution is 2.17. The predicted molar refractivity (Wildman–Crippen MR) is 65.1 cm³/mol. The van der Waals surface area contributed by atoms with Gasteiger partial charge in [0.15, 0.2) is 0 Å². The molecule has 0 aliphatic carbocycles. The molecule has 1 N–H and O–H groups in total. The lowest BCUT2D eigenvalue weighted by atomic mass is 10.2. The SMILES string of the molecule is C#CCNC(=O)CN1CCCC1C(=O)N(C)C. The highest BCUT2D eigenvalue weighted by Gasteiger charge is 2.32. The molecule has 1 unspecified atom stereocenters. The van der Waals surface area contributed by atoms with E-state index in [1.165, 1.54) is 0 Å². The molecule has 5 nitrogen and oxygen atoms in total. The van der Waals surface area contributed by atoms with Crippen LogP contribution in [0.15, 0.2) is 0 Å². The van der Waals surface area contributed by atoms with Gasteiger partial charge in [0.05, 0.1) is 19.1 Å². The number of rotatable bonds is 4. The van der Waals surface area contributed by atoms with E-state index in [1.54, 1.807) is 19.0 Å². The summed E-state index contributed by atoms with van der Waals surface area (Å²) in [7, 11) is 3.47. The first-order chi connectivity index (χ1) is 8.06. The van der Waals surface area contributed by atoms with Gasteiger partial charge in [0.25, 0.3) is 0 Å². The largest absolute Gasteiger partial charge is 0.347 e. The maximum absolute atomic E-state index is 11.9. The number of hydrogen-bond acceptors (Lipinski definition) is 3. The number of carbonyl (C=O) groups excluding carboxylic acids is 2. The zero-order chi connectivity index (χ0) is 12.8. The monoisotopic (exact) mass is 237 g/mol. The van der Waals surface area contributed by atoms with Gasteiger partial charge in [-0.15, -0.1) is 6.42 Å². The zero-order valence-corrected chi connectivity index (χ0v) is 10.4. The molecule has 0 spiro atoms. The van der Waals surface area contributed by atoms with Crippen LogP contribution in [0.1, 0.15) is 12.8 Å². The minimum absolute atomic E-state index is 0.0623. The molecule has 1 aliphatic rings. The molecule has 0 aromatic rings. The Balaban J connectivity index is 2.50. The molecule has 1 aliphatic heterocycles. The third-order valence-corrected chi connectivity index (χ3v) is 2.82. The molecule has 17 heavy (non-hydrogen) atoms. The van der Waals surface area contributed by atoms with Crippen molar-refractivity contribution >= 4 is 11.8 Å². The Morgan fingerprint density at radius 2 is 2.24 bits per heavy atom. The summed E-state index contributed by atoms with van der Waals surface area (Å²) in [4.78, 5) is 26.9. The average Bonchev–Trinajstić information content (AvgIpc) is 2.73. The third-order valence-electron chi connectivity index (χ3n) is 2.82. The molecule has 0 radical (unpaired) electrons. The van der Waals surface area contributed by atoms with E-state index in [2.05, 4.69) is 11.2 Å². The van der Waals surface area contributed by atoms with E-state index in [4.69, 9.17) is 6.42 Å². The number of likely N-dealkylation sites (N-methyl/N-ethyl adjacent to an activating group) is 1. The standard InChI is InChI=1S/C12H19N3O2/c1-4-7-13-11(16)9-15-8-5-6-10(15)12(17)14(2)3/h1,10H,5-9H2,2-3H3,(H,13,16). The van der Waals surface area contributed by atoms with E-state index in [-0.39, 0.29) is 30.9 Å². The van der Waals surface area contributed by atoms with Crippen LogP contribution >= 0.6 is 0 Å². The number of likely N-dealkylation sites (tertiary alicyclic amines) is 1. The van der Waals surface area contributed by atoms with Crippen LogP contribution in [-0.2, 0) is 9.59 Å². The minimum atomic E-state index is -0.165. The van der Waals surface area contributed by atoms with E-state index < -0.39 is 0 Å². The van der Waals surface area contributed by atoms with E-state index in [9.17, 15) is 9.59 Å². The summed E-state index contributed by atoms with van der Waals surface area (Å²) in [5.74, 6) is 2.29. The summed E-state index contributed by atoms with van der Waals surface area (Å²) in [5.41, 5.74) is 0. The van der Waals surface area contributed by atoms with Gasteiger partial charge in [-0.2, -0.15) is 0 Å². The molecule has 0 saturated carbocycles. The minimum Gasteiger partial charge on any atom is -0.347 e. The van der Waals surface area contributed by atoms with Crippen molar-refractivity contribution in [2.24, 2.45) is 0 Å². The van der Waals surface area contributed by atoms with Gasteiger partial charge in [-0.1, -0.05) is 5.92 Å². The molecular formula is C12H19N3O2. The summed E-state index contributed by atoms with van der Waals surface area (Å²) >= 11 is 0.